The molecule has 0 aliphatic rings. The number of halogens is 1. The van der Waals surface area contributed by atoms with Crippen LogP contribution in [-0.2, 0) is 6.54 Å². The van der Waals surface area contributed by atoms with Crippen molar-refractivity contribution in [2.24, 2.45) is 0 Å². The van der Waals surface area contributed by atoms with Gasteiger partial charge in [-0.15, -0.1) is 0 Å². The monoisotopic (exact) mass is 349 g/mol. The summed E-state index contributed by atoms with van der Waals surface area (Å²) in [6.07, 6.45) is 1.77. The van der Waals surface area contributed by atoms with Crippen molar-refractivity contribution in [3.63, 3.8) is 0 Å². The minimum Gasteiger partial charge on any atom is -0.497 e. The molecule has 0 spiro atoms. The first kappa shape index (κ1) is 13.3. The third-order valence-electron chi connectivity index (χ3n) is 3.05. The number of aromatic amines is 1. The highest BCUT2D eigenvalue weighted by Crippen LogP contribution is 2.19. The van der Waals surface area contributed by atoms with Crippen LogP contribution in [0.1, 0.15) is 5.56 Å². The van der Waals surface area contributed by atoms with E-state index in [2.05, 4.69) is 25.9 Å². The standard InChI is InChI=1S/C14H12BrN3OS/c1-19-11-4-2-3-9(5-11)8-18-13-12(17-14(18)20)6-10(15)7-16-13/h2-7H,8H2,1H3,(H,17,20). The minimum atomic E-state index is 0.657. The molecule has 0 aliphatic carbocycles. The summed E-state index contributed by atoms with van der Waals surface area (Å²) in [5.74, 6) is 0.838. The highest BCUT2D eigenvalue weighted by Gasteiger charge is 2.07. The second-order valence-corrected chi connectivity index (χ2v) is 5.69. The zero-order valence-corrected chi connectivity index (χ0v) is 13.2. The summed E-state index contributed by atoms with van der Waals surface area (Å²) in [4.78, 5) is 7.60. The van der Waals surface area contributed by atoms with E-state index in [9.17, 15) is 0 Å². The van der Waals surface area contributed by atoms with Crippen LogP contribution in [0.2, 0.25) is 0 Å². The molecule has 0 atom stereocenters. The Hall–Kier alpha value is -1.66. The van der Waals surface area contributed by atoms with Crippen LogP contribution >= 0.6 is 28.1 Å². The molecule has 2 heterocycles. The number of hydrogen-bond acceptors (Lipinski definition) is 3. The maximum absolute atomic E-state index is 5.38. The number of aromatic nitrogens is 3. The van der Waals surface area contributed by atoms with E-state index >= 15 is 0 Å². The van der Waals surface area contributed by atoms with Crippen LogP contribution in [0.4, 0.5) is 0 Å². The van der Waals surface area contributed by atoms with Crippen molar-refractivity contribution in [2.75, 3.05) is 7.11 Å². The zero-order chi connectivity index (χ0) is 14.1. The lowest BCUT2D eigenvalue weighted by atomic mass is 10.2. The van der Waals surface area contributed by atoms with Crippen LogP contribution < -0.4 is 4.74 Å². The number of fused-ring (bicyclic) bond motifs is 1. The number of H-pyrrole nitrogens is 1. The Kier molecular flexibility index (Phi) is 3.58. The largest absolute Gasteiger partial charge is 0.497 e. The summed E-state index contributed by atoms with van der Waals surface area (Å²) in [7, 11) is 1.66. The summed E-state index contributed by atoms with van der Waals surface area (Å²) in [5.41, 5.74) is 2.89. The van der Waals surface area contributed by atoms with Gasteiger partial charge in [0.25, 0.3) is 0 Å². The van der Waals surface area contributed by atoms with Gasteiger partial charge in [-0.25, -0.2) is 4.98 Å². The highest BCUT2D eigenvalue weighted by atomic mass is 79.9. The summed E-state index contributed by atoms with van der Waals surface area (Å²) in [5, 5.41) is 0. The first-order valence-electron chi connectivity index (χ1n) is 6.04. The molecule has 1 N–H and O–H groups in total. The van der Waals surface area contributed by atoms with Crippen molar-refractivity contribution in [1.29, 1.82) is 0 Å². The van der Waals surface area contributed by atoms with Crippen molar-refractivity contribution >= 4 is 39.3 Å². The molecule has 0 saturated heterocycles. The molecule has 0 fully saturated rings. The van der Waals surface area contributed by atoms with E-state index in [4.69, 9.17) is 17.0 Å². The number of methoxy groups -OCH3 is 1. The zero-order valence-electron chi connectivity index (χ0n) is 10.8. The van der Waals surface area contributed by atoms with Gasteiger partial charge in [0.15, 0.2) is 10.4 Å². The van der Waals surface area contributed by atoms with Gasteiger partial charge in [-0.05, 0) is 51.9 Å². The molecule has 1 aromatic carbocycles. The molecule has 4 nitrogen and oxygen atoms in total. The number of imidazole rings is 1. The molecule has 3 aromatic rings. The van der Waals surface area contributed by atoms with E-state index in [1.54, 1.807) is 13.3 Å². The summed E-state index contributed by atoms with van der Waals surface area (Å²) < 4.78 is 8.81. The lowest BCUT2D eigenvalue weighted by Gasteiger charge is -2.06. The van der Waals surface area contributed by atoms with Crippen LogP contribution in [0.3, 0.4) is 0 Å². The van der Waals surface area contributed by atoms with Crippen molar-refractivity contribution < 1.29 is 4.74 Å². The molecule has 0 bridgehead atoms. The fourth-order valence-electron chi connectivity index (χ4n) is 2.12. The predicted molar refractivity (Wildman–Crippen MR) is 84.7 cm³/mol. The van der Waals surface area contributed by atoms with Crippen molar-refractivity contribution in [3.8, 4) is 5.75 Å². The fourth-order valence-corrected chi connectivity index (χ4v) is 2.71. The molecule has 20 heavy (non-hydrogen) atoms. The van der Waals surface area contributed by atoms with Crippen LogP contribution in [0, 0.1) is 4.77 Å². The molecular formula is C14H12BrN3OS. The Morgan fingerprint density at radius 1 is 1.40 bits per heavy atom. The molecule has 2 aromatic heterocycles. The van der Waals surface area contributed by atoms with E-state index in [0.717, 1.165) is 26.9 Å². The van der Waals surface area contributed by atoms with Gasteiger partial charge >= 0.3 is 0 Å². The molecule has 0 amide bonds. The average Bonchev–Trinajstić information content (AvgIpc) is 2.74. The van der Waals surface area contributed by atoms with Gasteiger partial charge in [0, 0.05) is 10.7 Å². The second-order valence-electron chi connectivity index (χ2n) is 4.39. The summed E-state index contributed by atoms with van der Waals surface area (Å²) >= 11 is 8.79. The number of ether oxygens (including phenoxy) is 1. The lowest BCUT2D eigenvalue weighted by Crippen LogP contribution is -2.01. The van der Waals surface area contributed by atoms with Crippen molar-refractivity contribution in [3.05, 3.63) is 51.3 Å². The van der Waals surface area contributed by atoms with Gasteiger partial charge < -0.3 is 9.72 Å². The first-order chi connectivity index (χ1) is 9.67. The molecule has 6 heteroatoms. The van der Waals surface area contributed by atoms with Gasteiger partial charge in [-0.3, -0.25) is 4.57 Å². The number of pyridine rings is 1. The number of nitrogens with zero attached hydrogens (tertiary/aromatic N) is 2. The van der Waals surface area contributed by atoms with Gasteiger partial charge in [0.1, 0.15) is 5.75 Å². The molecule has 102 valence electrons. The molecular weight excluding hydrogens is 338 g/mol. The van der Waals surface area contributed by atoms with E-state index in [-0.39, 0.29) is 0 Å². The Morgan fingerprint density at radius 2 is 2.25 bits per heavy atom. The Morgan fingerprint density at radius 3 is 3.05 bits per heavy atom. The molecule has 0 radical (unpaired) electrons. The smallest absolute Gasteiger partial charge is 0.179 e. The fraction of sp³-hybridized carbons (Fsp3) is 0.143. The molecule has 0 aliphatic heterocycles. The third-order valence-corrected chi connectivity index (χ3v) is 3.81. The van der Waals surface area contributed by atoms with E-state index in [1.807, 2.05) is 34.9 Å². The maximum Gasteiger partial charge on any atom is 0.179 e. The van der Waals surface area contributed by atoms with Crippen LogP contribution in [0.15, 0.2) is 41.0 Å². The van der Waals surface area contributed by atoms with Crippen LogP contribution in [-0.4, -0.2) is 21.6 Å². The van der Waals surface area contributed by atoms with Crippen LogP contribution in [0.25, 0.3) is 11.2 Å². The van der Waals surface area contributed by atoms with E-state index in [0.29, 0.717) is 11.3 Å². The van der Waals surface area contributed by atoms with Gasteiger partial charge in [0.05, 0.1) is 19.2 Å². The van der Waals surface area contributed by atoms with E-state index in [1.165, 1.54) is 0 Å². The summed E-state index contributed by atoms with van der Waals surface area (Å²) in [6.45, 7) is 0.657. The Labute approximate surface area is 129 Å². The molecule has 0 unspecified atom stereocenters. The average molecular weight is 350 g/mol. The number of benzene rings is 1. The van der Waals surface area contributed by atoms with Crippen molar-refractivity contribution in [1.82, 2.24) is 14.5 Å². The first-order valence-corrected chi connectivity index (χ1v) is 7.24. The Bertz CT molecular complexity index is 825. The van der Waals surface area contributed by atoms with Gasteiger partial charge in [0.2, 0.25) is 0 Å². The second kappa shape index (κ2) is 5.38. The lowest BCUT2D eigenvalue weighted by molar-refractivity contribution is 0.414. The van der Waals surface area contributed by atoms with Crippen molar-refractivity contribution in [2.45, 2.75) is 6.54 Å². The van der Waals surface area contributed by atoms with E-state index < -0.39 is 0 Å². The normalized spacial score (nSPS) is 10.9. The minimum absolute atomic E-state index is 0.657. The molecule has 3 rings (SSSR count). The van der Waals surface area contributed by atoms with Crippen LogP contribution in [0.5, 0.6) is 5.75 Å². The van der Waals surface area contributed by atoms with Gasteiger partial charge in [-0.2, -0.15) is 0 Å². The third kappa shape index (κ3) is 2.48. The Balaban J connectivity index is 2.06. The number of hydrogen-bond donors (Lipinski definition) is 1. The SMILES string of the molecule is COc1cccc(Cn2c(=S)[nH]c3cc(Br)cnc32)c1. The quantitative estimate of drug-likeness (QED) is 0.729. The number of nitrogens with one attached hydrogen (secondary N) is 1. The number of rotatable bonds is 3. The maximum atomic E-state index is 5.38. The topological polar surface area (TPSA) is 42.8 Å². The highest BCUT2D eigenvalue weighted by molar-refractivity contribution is 9.10. The predicted octanol–water partition coefficient (Wildman–Crippen LogP) is 3.91. The summed E-state index contributed by atoms with van der Waals surface area (Å²) in [6, 6.07) is 9.91. The van der Waals surface area contributed by atoms with Gasteiger partial charge in [-0.1, -0.05) is 12.1 Å². The molecule has 0 saturated carbocycles.